The van der Waals surface area contributed by atoms with E-state index in [2.05, 4.69) is 20.4 Å². The Kier molecular flexibility index (Phi) is 4.38. The fourth-order valence-electron chi connectivity index (χ4n) is 1.05. The van der Waals surface area contributed by atoms with Crippen molar-refractivity contribution in [2.24, 2.45) is 16.8 Å². The molecule has 1 aromatic heterocycles. The van der Waals surface area contributed by atoms with Crippen molar-refractivity contribution < 1.29 is 10.0 Å². The second kappa shape index (κ2) is 5.78. The van der Waals surface area contributed by atoms with Crippen molar-refractivity contribution in [2.75, 3.05) is 6.54 Å². The number of rotatable bonds is 4. The van der Waals surface area contributed by atoms with Crippen LogP contribution in [0.25, 0.3) is 0 Å². The third kappa shape index (κ3) is 3.71. The number of oxime groups is 1. The molecule has 0 saturated heterocycles. The van der Waals surface area contributed by atoms with Gasteiger partial charge in [0.05, 0.1) is 11.9 Å². The van der Waals surface area contributed by atoms with E-state index < -0.39 is 0 Å². The number of nitrogens with two attached hydrogens (primary N) is 1. The fraction of sp³-hybridized carbons (Fsp3) is 0.400. The highest BCUT2D eigenvalue weighted by molar-refractivity contribution is 5.92. The number of nitrogens with one attached hydrogen (secondary N) is 1. The number of aryl methyl sites for hydroxylation is 1. The molecule has 17 heavy (non-hydrogen) atoms. The van der Waals surface area contributed by atoms with Crippen molar-refractivity contribution in [1.82, 2.24) is 15.3 Å². The molecule has 0 saturated carbocycles. The van der Waals surface area contributed by atoms with Gasteiger partial charge in [-0.1, -0.05) is 12.1 Å². The Bertz CT molecular complexity index is 415. The number of hydrogen-bond donors (Lipinski definition) is 3. The lowest BCUT2D eigenvalue weighted by atomic mass is 10.1. The average molecular weight is 237 g/mol. The molecule has 0 aliphatic heterocycles. The summed E-state index contributed by atoms with van der Waals surface area (Å²) in [5.74, 6) is -0.516. The summed E-state index contributed by atoms with van der Waals surface area (Å²) in [6.07, 6.45) is 2.92. The minimum Gasteiger partial charge on any atom is -0.409 e. The second-order valence-corrected chi connectivity index (χ2v) is 3.68. The molecule has 1 rings (SSSR count). The normalized spacial score (nSPS) is 13.2. The summed E-state index contributed by atoms with van der Waals surface area (Å²) in [5.41, 5.74) is 6.36. The Balaban J connectivity index is 2.53. The van der Waals surface area contributed by atoms with Crippen molar-refractivity contribution in [3.8, 4) is 0 Å². The van der Waals surface area contributed by atoms with Crippen LogP contribution in [0.4, 0.5) is 0 Å². The Morgan fingerprint density at radius 3 is 2.82 bits per heavy atom. The predicted molar refractivity (Wildman–Crippen MR) is 61.7 cm³/mol. The van der Waals surface area contributed by atoms with E-state index >= 15 is 0 Å². The number of carbonyl (C=O) groups is 1. The first-order chi connectivity index (χ1) is 8.04. The van der Waals surface area contributed by atoms with E-state index in [1.165, 1.54) is 12.4 Å². The zero-order valence-electron chi connectivity index (χ0n) is 9.71. The number of amides is 1. The summed E-state index contributed by atoms with van der Waals surface area (Å²) < 4.78 is 0. The fourth-order valence-corrected chi connectivity index (χ4v) is 1.05. The quantitative estimate of drug-likeness (QED) is 0.293. The standard InChI is InChI=1S/C10H15N5O2/c1-6(9(11)15-17)3-14-10(16)8-5-12-7(2)4-13-8/h4-6,17H,3H2,1-2H3,(H2,11,15)(H,14,16). The molecule has 1 atom stereocenters. The van der Waals surface area contributed by atoms with Crippen LogP contribution in [0.1, 0.15) is 23.1 Å². The van der Waals surface area contributed by atoms with Crippen LogP contribution >= 0.6 is 0 Å². The van der Waals surface area contributed by atoms with E-state index in [0.717, 1.165) is 5.69 Å². The molecule has 7 heteroatoms. The first-order valence-corrected chi connectivity index (χ1v) is 5.09. The Labute approximate surface area is 98.8 Å². The molecule has 1 heterocycles. The van der Waals surface area contributed by atoms with Crippen molar-refractivity contribution in [1.29, 1.82) is 0 Å². The lowest BCUT2D eigenvalue weighted by Crippen LogP contribution is -2.35. The van der Waals surface area contributed by atoms with Gasteiger partial charge in [0.1, 0.15) is 11.5 Å². The molecule has 1 amide bonds. The number of carbonyl (C=O) groups excluding carboxylic acids is 1. The van der Waals surface area contributed by atoms with Gasteiger partial charge >= 0.3 is 0 Å². The summed E-state index contributed by atoms with van der Waals surface area (Å²) in [4.78, 5) is 19.5. The van der Waals surface area contributed by atoms with Crippen molar-refractivity contribution in [2.45, 2.75) is 13.8 Å². The molecule has 0 radical (unpaired) electrons. The van der Waals surface area contributed by atoms with Gasteiger partial charge in [-0.15, -0.1) is 0 Å². The van der Waals surface area contributed by atoms with Crippen LogP contribution in [0.5, 0.6) is 0 Å². The van der Waals surface area contributed by atoms with E-state index in [-0.39, 0.29) is 29.9 Å². The molecular weight excluding hydrogens is 222 g/mol. The van der Waals surface area contributed by atoms with Crippen LogP contribution in [0, 0.1) is 12.8 Å². The molecule has 0 fully saturated rings. The van der Waals surface area contributed by atoms with E-state index in [1.54, 1.807) is 13.8 Å². The molecule has 0 spiro atoms. The van der Waals surface area contributed by atoms with Gasteiger partial charge in [0, 0.05) is 18.7 Å². The molecule has 4 N–H and O–H groups in total. The van der Waals surface area contributed by atoms with Crippen molar-refractivity contribution in [3.63, 3.8) is 0 Å². The minimum absolute atomic E-state index is 0.0697. The molecule has 0 aliphatic carbocycles. The van der Waals surface area contributed by atoms with Crippen LogP contribution in [-0.4, -0.2) is 33.5 Å². The van der Waals surface area contributed by atoms with Crippen molar-refractivity contribution >= 4 is 11.7 Å². The van der Waals surface area contributed by atoms with Gasteiger partial charge in [0.15, 0.2) is 0 Å². The van der Waals surface area contributed by atoms with Gasteiger partial charge in [-0.05, 0) is 6.92 Å². The monoisotopic (exact) mass is 237 g/mol. The summed E-state index contributed by atoms with van der Waals surface area (Å²) in [6.45, 7) is 3.79. The third-order valence-corrected chi connectivity index (χ3v) is 2.20. The first kappa shape index (κ1) is 12.9. The zero-order chi connectivity index (χ0) is 12.8. The highest BCUT2D eigenvalue weighted by atomic mass is 16.4. The third-order valence-electron chi connectivity index (χ3n) is 2.20. The zero-order valence-corrected chi connectivity index (χ0v) is 9.71. The SMILES string of the molecule is Cc1cnc(C(=O)NCC(C)C(N)=NO)cn1. The van der Waals surface area contributed by atoms with Gasteiger partial charge in [-0.2, -0.15) is 0 Å². The van der Waals surface area contributed by atoms with Crippen LogP contribution in [0.3, 0.4) is 0 Å². The lowest BCUT2D eigenvalue weighted by molar-refractivity contribution is 0.0945. The van der Waals surface area contributed by atoms with Crippen LogP contribution in [-0.2, 0) is 0 Å². The molecule has 7 nitrogen and oxygen atoms in total. The van der Waals surface area contributed by atoms with Gasteiger partial charge in [-0.25, -0.2) is 4.98 Å². The molecule has 0 aromatic carbocycles. The predicted octanol–water partition coefficient (Wildman–Crippen LogP) is -0.103. The Morgan fingerprint density at radius 2 is 2.29 bits per heavy atom. The number of hydrogen-bond acceptors (Lipinski definition) is 5. The highest BCUT2D eigenvalue weighted by Crippen LogP contribution is 1.96. The highest BCUT2D eigenvalue weighted by Gasteiger charge is 2.11. The minimum atomic E-state index is -0.338. The van der Waals surface area contributed by atoms with Gasteiger partial charge in [0.25, 0.3) is 5.91 Å². The Morgan fingerprint density at radius 1 is 1.59 bits per heavy atom. The van der Waals surface area contributed by atoms with Gasteiger partial charge in [-0.3, -0.25) is 9.78 Å². The number of aromatic nitrogens is 2. The van der Waals surface area contributed by atoms with E-state index in [9.17, 15) is 4.79 Å². The van der Waals surface area contributed by atoms with E-state index in [1.807, 2.05) is 0 Å². The van der Waals surface area contributed by atoms with Gasteiger partial charge in [0.2, 0.25) is 0 Å². The number of nitrogens with zero attached hydrogens (tertiary/aromatic N) is 3. The maximum atomic E-state index is 11.6. The van der Waals surface area contributed by atoms with Gasteiger partial charge < -0.3 is 16.3 Å². The summed E-state index contributed by atoms with van der Waals surface area (Å²) >= 11 is 0. The largest absolute Gasteiger partial charge is 0.409 e. The maximum Gasteiger partial charge on any atom is 0.271 e. The van der Waals surface area contributed by atoms with E-state index in [4.69, 9.17) is 10.9 Å². The molecule has 92 valence electrons. The summed E-state index contributed by atoms with van der Waals surface area (Å²) in [6, 6.07) is 0. The van der Waals surface area contributed by atoms with Crippen LogP contribution < -0.4 is 11.1 Å². The first-order valence-electron chi connectivity index (χ1n) is 5.09. The maximum absolute atomic E-state index is 11.6. The Hall–Kier alpha value is -2.18. The van der Waals surface area contributed by atoms with Crippen LogP contribution in [0.15, 0.2) is 17.5 Å². The average Bonchev–Trinajstić information content (AvgIpc) is 2.35. The summed E-state index contributed by atoms with van der Waals surface area (Å²) in [5, 5.41) is 13.9. The van der Waals surface area contributed by atoms with Crippen molar-refractivity contribution in [3.05, 3.63) is 23.8 Å². The second-order valence-electron chi connectivity index (χ2n) is 3.68. The van der Waals surface area contributed by atoms with E-state index in [0.29, 0.717) is 0 Å². The smallest absolute Gasteiger partial charge is 0.271 e. The molecule has 0 bridgehead atoms. The molecule has 1 unspecified atom stereocenters. The number of amidine groups is 1. The topological polar surface area (TPSA) is 113 Å². The summed E-state index contributed by atoms with van der Waals surface area (Å²) in [7, 11) is 0. The molecule has 0 aliphatic rings. The van der Waals surface area contributed by atoms with Crippen LogP contribution in [0.2, 0.25) is 0 Å². The molecular formula is C10H15N5O2. The lowest BCUT2D eigenvalue weighted by Gasteiger charge is -2.10. The molecule has 1 aromatic rings.